The quantitative estimate of drug-likeness (QED) is 0.669. The Labute approximate surface area is 122 Å². The van der Waals surface area contributed by atoms with Gasteiger partial charge in [-0.1, -0.05) is 13.8 Å². The fraction of sp³-hybridized carbons (Fsp3) is 0.625. The fourth-order valence-electron chi connectivity index (χ4n) is 1.81. The summed E-state index contributed by atoms with van der Waals surface area (Å²) in [6, 6.07) is 6.38. The van der Waals surface area contributed by atoms with Gasteiger partial charge in [0.25, 0.3) is 0 Å². The number of unbranched alkanes of at least 4 members (excludes halogenated alkanes) is 1. The van der Waals surface area contributed by atoms with E-state index in [4.69, 9.17) is 14.2 Å². The summed E-state index contributed by atoms with van der Waals surface area (Å²) in [5, 5.41) is 3.41. The molecule has 0 unspecified atom stereocenters. The molecule has 20 heavy (non-hydrogen) atoms. The van der Waals surface area contributed by atoms with Gasteiger partial charge in [0.1, 0.15) is 11.5 Å². The molecule has 4 heteroatoms. The summed E-state index contributed by atoms with van der Waals surface area (Å²) in [7, 11) is 3.40. The predicted octanol–water partition coefficient (Wildman–Crippen LogP) is 3.00. The molecule has 1 aromatic carbocycles. The van der Waals surface area contributed by atoms with Crippen molar-refractivity contribution in [1.29, 1.82) is 0 Å². The Hall–Kier alpha value is -1.26. The Balaban J connectivity index is 2.57. The topological polar surface area (TPSA) is 39.7 Å². The smallest absolute Gasteiger partial charge is 0.124 e. The van der Waals surface area contributed by atoms with Gasteiger partial charge in [-0.05, 0) is 31.0 Å². The lowest BCUT2D eigenvalue weighted by Crippen LogP contribution is -2.22. The van der Waals surface area contributed by atoms with Crippen LogP contribution in [0.4, 0.5) is 0 Å². The zero-order valence-corrected chi connectivity index (χ0v) is 13.1. The van der Waals surface area contributed by atoms with Crippen molar-refractivity contribution < 1.29 is 14.2 Å². The van der Waals surface area contributed by atoms with E-state index in [0.717, 1.165) is 43.1 Å². The van der Waals surface area contributed by atoms with Crippen molar-refractivity contribution in [3.63, 3.8) is 0 Å². The molecule has 0 saturated carbocycles. The van der Waals surface area contributed by atoms with E-state index >= 15 is 0 Å². The van der Waals surface area contributed by atoms with Crippen molar-refractivity contribution in [2.24, 2.45) is 0 Å². The van der Waals surface area contributed by atoms with Crippen LogP contribution in [0, 0.1) is 0 Å². The van der Waals surface area contributed by atoms with Gasteiger partial charge in [0.05, 0.1) is 13.7 Å². The van der Waals surface area contributed by atoms with Gasteiger partial charge in [-0.2, -0.15) is 0 Å². The lowest BCUT2D eigenvalue weighted by molar-refractivity contribution is 0.184. The first-order valence-electron chi connectivity index (χ1n) is 7.19. The molecule has 4 nitrogen and oxygen atoms in total. The number of ether oxygens (including phenoxy) is 3. The van der Waals surface area contributed by atoms with E-state index in [-0.39, 0.29) is 0 Å². The van der Waals surface area contributed by atoms with E-state index in [0.29, 0.717) is 12.6 Å². The third kappa shape index (κ3) is 6.26. The van der Waals surface area contributed by atoms with Crippen LogP contribution in [0.15, 0.2) is 18.2 Å². The summed E-state index contributed by atoms with van der Waals surface area (Å²) in [5.41, 5.74) is 1.13. The number of benzene rings is 1. The van der Waals surface area contributed by atoms with Crippen molar-refractivity contribution in [2.75, 3.05) is 27.4 Å². The van der Waals surface area contributed by atoms with Gasteiger partial charge < -0.3 is 19.5 Å². The zero-order chi connectivity index (χ0) is 14.8. The van der Waals surface area contributed by atoms with Crippen molar-refractivity contribution in [3.05, 3.63) is 23.8 Å². The molecule has 0 saturated heterocycles. The molecule has 0 amide bonds. The van der Waals surface area contributed by atoms with E-state index in [1.807, 2.05) is 18.2 Å². The summed E-state index contributed by atoms with van der Waals surface area (Å²) >= 11 is 0. The molecular formula is C16H27NO3. The van der Waals surface area contributed by atoms with Crippen molar-refractivity contribution >= 4 is 0 Å². The van der Waals surface area contributed by atoms with Gasteiger partial charge in [-0.25, -0.2) is 0 Å². The minimum atomic E-state index is 0.441. The summed E-state index contributed by atoms with van der Waals surface area (Å²) in [5.74, 6) is 1.79. The maximum Gasteiger partial charge on any atom is 0.124 e. The van der Waals surface area contributed by atoms with Crippen LogP contribution in [0.25, 0.3) is 0 Å². The average molecular weight is 281 g/mol. The predicted molar refractivity (Wildman–Crippen MR) is 81.6 cm³/mol. The maximum atomic E-state index is 5.86. The molecule has 0 aliphatic heterocycles. The minimum absolute atomic E-state index is 0.441. The van der Waals surface area contributed by atoms with E-state index in [1.54, 1.807) is 14.2 Å². The third-order valence-electron chi connectivity index (χ3n) is 2.97. The SMILES string of the molecule is COCCCCOc1ccc(OC)cc1CNC(C)C. The van der Waals surface area contributed by atoms with Gasteiger partial charge in [-0.15, -0.1) is 0 Å². The highest BCUT2D eigenvalue weighted by atomic mass is 16.5. The maximum absolute atomic E-state index is 5.86. The molecule has 1 rings (SSSR count). The molecule has 0 aromatic heterocycles. The molecule has 0 bridgehead atoms. The second-order valence-corrected chi connectivity index (χ2v) is 5.06. The number of rotatable bonds is 10. The highest BCUT2D eigenvalue weighted by Gasteiger charge is 2.06. The second-order valence-electron chi connectivity index (χ2n) is 5.06. The standard InChI is InChI=1S/C16H27NO3/c1-13(2)17-12-14-11-15(19-4)7-8-16(14)20-10-6-5-9-18-3/h7-8,11,13,17H,5-6,9-10,12H2,1-4H3. The Bertz CT molecular complexity index is 380. The van der Waals surface area contributed by atoms with Gasteiger partial charge in [0.15, 0.2) is 0 Å². The van der Waals surface area contributed by atoms with Crippen LogP contribution in [0.3, 0.4) is 0 Å². The van der Waals surface area contributed by atoms with Gasteiger partial charge in [0, 0.05) is 31.9 Å². The number of hydrogen-bond donors (Lipinski definition) is 1. The molecule has 0 atom stereocenters. The van der Waals surface area contributed by atoms with Crippen molar-refractivity contribution in [2.45, 2.75) is 39.3 Å². The molecule has 0 radical (unpaired) electrons. The zero-order valence-electron chi connectivity index (χ0n) is 13.1. The minimum Gasteiger partial charge on any atom is -0.497 e. The molecule has 0 aliphatic rings. The van der Waals surface area contributed by atoms with Crippen molar-refractivity contribution in [3.8, 4) is 11.5 Å². The largest absolute Gasteiger partial charge is 0.497 e. The highest BCUT2D eigenvalue weighted by Crippen LogP contribution is 2.24. The lowest BCUT2D eigenvalue weighted by atomic mass is 10.1. The summed E-state index contributed by atoms with van der Waals surface area (Å²) in [4.78, 5) is 0. The van der Waals surface area contributed by atoms with E-state index in [1.165, 1.54) is 0 Å². The Morgan fingerprint density at radius 2 is 1.85 bits per heavy atom. The molecule has 0 fully saturated rings. The summed E-state index contributed by atoms with van der Waals surface area (Å²) in [6.07, 6.45) is 2.02. The van der Waals surface area contributed by atoms with Crippen LogP contribution in [-0.2, 0) is 11.3 Å². The molecule has 114 valence electrons. The third-order valence-corrected chi connectivity index (χ3v) is 2.97. The van der Waals surface area contributed by atoms with Crippen LogP contribution in [-0.4, -0.2) is 33.5 Å². The molecule has 1 N–H and O–H groups in total. The van der Waals surface area contributed by atoms with Crippen LogP contribution >= 0.6 is 0 Å². The second kappa shape index (κ2) is 9.61. The van der Waals surface area contributed by atoms with Crippen LogP contribution < -0.4 is 14.8 Å². The average Bonchev–Trinajstić information content (AvgIpc) is 2.45. The van der Waals surface area contributed by atoms with Crippen LogP contribution in [0.5, 0.6) is 11.5 Å². The molecule has 0 spiro atoms. The Morgan fingerprint density at radius 3 is 2.50 bits per heavy atom. The highest BCUT2D eigenvalue weighted by molar-refractivity contribution is 5.40. The van der Waals surface area contributed by atoms with Crippen LogP contribution in [0.2, 0.25) is 0 Å². The first-order chi connectivity index (χ1) is 9.67. The summed E-state index contributed by atoms with van der Waals surface area (Å²) < 4.78 is 16.2. The number of methoxy groups -OCH3 is 2. The van der Waals surface area contributed by atoms with Crippen LogP contribution in [0.1, 0.15) is 32.3 Å². The lowest BCUT2D eigenvalue weighted by Gasteiger charge is -2.15. The summed E-state index contributed by atoms with van der Waals surface area (Å²) in [6.45, 7) is 6.54. The molecular weight excluding hydrogens is 254 g/mol. The van der Waals surface area contributed by atoms with Gasteiger partial charge in [0.2, 0.25) is 0 Å². The first kappa shape index (κ1) is 16.8. The molecule has 1 aromatic rings. The van der Waals surface area contributed by atoms with Crippen molar-refractivity contribution in [1.82, 2.24) is 5.32 Å². The first-order valence-corrected chi connectivity index (χ1v) is 7.19. The normalized spacial score (nSPS) is 10.8. The monoisotopic (exact) mass is 281 g/mol. The molecule has 0 aliphatic carbocycles. The fourth-order valence-corrected chi connectivity index (χ4v) is 1.81. The van der Waals surface area contributed by atoms with E-state index in [2.05, 4.69) is 19.2 Å². The Morgan fingerprint density at radius 1 is 1.10 bits per heavy atom. The number of hydrogen-bond acceptors (Lipinski definition) is 4. The van der Waals surface area contributed by atoms with Gasteiger partial charge >= 0.3 is 0 Å². The van der Waals surface area contributed by atoms with E-state index in [9.17, 15) is 0 Å². The Kier molecular flexibility index (Phi) is 8.07. The molecule has 0 heterocycles. The van der Waals surface area contributed by atoms with E-state index < -0.39 is 0 Å². The van der Waals surface area contributed by atoms with Gasteiger partial charge in [-0.3, -0.25) is 0 Å². The number of nitrogens with one attached hydrogen (secondary N) is 1.